The maximum Gasteiger partial charge on any atom is 0.262 e. The monoisotopic (exact) mass is 438 g/mol. The Morgan fingerprint density at radius 1 is 1.06 bits per heavy atom. The number of aryl methyl sites for hydroxylation is 2. The Morgan fingerprint density at radius 3 is 2.61 bits per heavy atom. The molecule has 0 spiro atoms. The van der Waals surface area contributed by atoms with Gasteiger partial charge in [-0.15, -0.1) is 0 Å². The van der Waals surface area contributed by atoms with E-state index in [0.29, 0.717) is 30.1 Å². The molecule has 160 valence electrons. The Hall–Kier alpha value is -3.43. The van der Waals surface area contributed by atoms with Crippen molar-refractivity contribution >= 4 is 28.9 Å². The minimum Gasteiger partial charge on any atom is -0.454 e. The van der Waals surface area contributed by atoms with Gasteiger partial charge in [0.25, 0.3) is 5.91 Å². The minimum atomic E-state index is -0.352. The topological polar surface area (TPSA) is 97.7 Å². The van der Waals surface area contributed by atoms with Crippen LogP contribution in [0.2, 0.25) is 0 Å². The summed E-state index contributed by atoms with van der Waals surface area (Å²) in [6.45, 7) is 5.03. The Bertz CT molecular complexity index is 1110. The van der Waals surface area contributed by atoms with Gasteiger partial charge in [-0.1, -0.05) is 23.4 Å². The highest BCUT2D eigenvalue weighted by Gasteiger charge is 2.18. The number of hydrogen-bond donors (Lipinski definition) is 3. The maximum atomic E-state index is 12.4. The number of rotatable bonds is 6. The molecule has 8 nitrogen and oxygen atoms in total. The molecule has 3 aromatic rings. The molecule has 4 rings (SSSR count). The van der Waals surface area contributed by atoms with Gasteiger partial charge in [0.1, 0.15) is 11.3 Å². The highest BCUT2D eigenvalue weighted by Crippen LogP contribution is 2.32. The van der Waals surface area contributed by atoms with Crippen LogP contribution in [0.5, 0.6) is 11.5 Å². The third-order valence-corrected chi connectivity index (χ3v) is 4.97. The molecule has 0 saturated heterocycles. The van der Waals surface area contributed by atoms with E-state index in [1.165, 1.54) is 0 Å². The number of carbonyl (C=O) groups is 1. The molecule has 2 aromatic carbocycles. The zero-order valence-corrected chi connectivity index (χ0v) is 18.0. The fourth-order valence-corrected chi connectivity index (χ4v) is 3.51. The van der Waals surface area contributed by atoms with E-state index in [2.05, 4.69) is 21.1 Å². The second kappa shape index (κ2) is 9.15. The van der Waals surface area contributed by atoms with E-state index in [9.17, 15) is 4.79 Å². The number of benzene rings is 2. The first-order valence-electron chi connectivity index (χ1n) is 9.73. The van der Waals surface area contributed by atoms with E-state index >= 15 is 0 Å². The number of carbonyl (C=O) groups excluding carboxylic acids is 1. The molecule has 0 atom stereocenters. The molecule has 0 unspecified atom stereocenters. The number of ether oxygens (including phenoxy) is 2. The smallest absolute Gasteiger partial charge is 0.262 e. The molecular formula is C22H22N4O4S. The molecular weight excluding hydrogens is 416 g/mol. The van der Waals surface area contributed by atoms with Crippen molar-refractivity contribution in [2.45, 2.75) is 26.9 Å². The highest BCUT2D eigenvalue weighted by molar-refractivity contribution is 7.80. The van der Waals surface area contributed by atoms with Crippen molar-refractivity contribution in [3.63, 3.8) is 0 Å². The predicted octanol–water partition coefficient (Wildman–Crippen LogP) is 3.44. The van der Waals surface area contributed by atoms with Crippen LogP contribution in [-0.4, -0.2) is 23.0 Å². The van der Waals surface area contributed by atoms with Gasteiger partial charge in [-0.25, -0.2) is 0 Å². The predicted molar refractivity (Wildman–Crippen MR) is 119 cm³/mol. The van der Waals surface area contributed by atoms with E-state index in [0.717, 1.165) is 28.3 Å². The molecule has 3 N–H and O–H groups in total. The van der Waals surface area contributed by atoms with Crippen LogP contribution in [-0.2, 0) is 13.1 Å². The summed E-state index contributed by atoms with van der Waals surface area (Å²) in [6.07, 6.45) is 0. The quantitative estimate of drug-likeness (QED) is 0.504. The Labute approximate surface area is 184 Å². The molecule has 1 aromatic heterocycles. The highest BCUT2D eigenvalue weighted by atomic mass is 32.1. The molecule has 1 amide bonds. The van der Waals surface area contributed by atoms with Gasteiger partial charge < -0.3 is 24.6 Å². The lowest BCUT2D eigenvalue weighted by molar-refractivity contribution is 0.0975. The summed E-state index contributed by atoms with van der Waals surface area (Å²) in [5.74, 6) is 1.65. The van der Waals surface area contributed by atoms with Crippen LogP contribution in [0.1, 0.15) is 32.9 Å². The van der Waals surface area contributed by atoms with Gasteiger partial charge in [0.05, 0.1) is 5.69 Å². The van der Waals surface area contributed by atoms with E-state index in [4.69, 9.17) is 26.2 Å². The van der Waals surface area contributed by atoms with Crippen molar-refractivity contribution in [3.05, 3.63) is 70.6 Å². The van der Waals surface area contributed by atoms with Crippen LogP contribution < -0.4 is 25.4 Å². The van der Waals surface area contributed by atoms with Gasteiger partial charge in [-0.2, -0.15) is 0 Å². The minimum absolute atomic E-state index is 0.204. The van der Waals surface area contributed by atoms with Crippen molar-refractivity contribution in [1.82, 2.24) is 15.8 Å². The molecule has 0 saturated carbocycles. The third kappa shape index (κ3) is 5.01. The molecule has 2 heterocycles. The molecule has 1 aliphatic rings. The standard InChI is InChI=1S/C22H22N4O4S/c1-13-20(14(2)30-26-13)21(27)25-22(31)24-17-5-3-4-15(8-17)10-23-11-16-6-7-18-19(9-16)29-12-28-18/h3-9,23H,10-12H2,1-2H3,(H2,24,25,27,31). The summed E-state index contributed by atoms with van der Waals surface area (Å²) in [4.78, 5) is 12.4. The lowest BCUT2D eigenvalue weighted by Crippen LogP contribution is -2.34. The number of hydrogen-bond acceptors (Lipinski definition) is 7. The number of thiocarbonyl (C=S) groups is 1. The molecule has 1 aliphatic heterocycles. The molecule has 0 bridgehead atoms. The van der Waals surface area contributed by atoms with Crippen molar-refractivity contribution in [2.75, 3.05) is 12.1 Å². The number of nitrogens with zero attached hydrogens (tertiary/aromatic N) is 1. The van der Waals surface area contributed by atoms with E-state index in [1.807, 2.05) is 42.5 Å². The zero-order chi connectivity index (χ0) is 21.8. The van der Waals surface area contributed by atoms with Crippen molar-refractivity contribution in [3.8, 4) is 11.5 Å². The van der Waals surface area contributed by atoms with Gasteiger partial charge in [-0.05, 0) is 61.5 Å². The van der Waals surface area contributed by atoms with Crippen molar-refractivity contribution in [1.29, 1.82) is 0 Å². The fraction of sp³-hybridized carbons (Fsp3) is 0.227. The summed E-state index contributed by atoms with van der Waals surface area (Å²) in [6, 6.07) is 13.7. The second-order valence-electron chi connectivity index (χ2n) is 7.10. The summed E-state index contributed by atoms with van der Waals surface area (Å²) in [7, 11) is 0. The molecule has 31 heavy (non-hydrogen) atoms. The van der Waals surface area contributed by atoms with E-state index in [-0.39, 0.29) is 17.8 Å². The molecule has 0 radical (unpaired) electrons. The van der Waals surface area contributed by atoms with Crippen LogP contribution in [0, 0.1) is 13.8 Å². The number of amides is 1. The molecule has 9 heteroatoms. The summed E-state index contributed by atoms with van der Waals surface area (Å²) < 4.78 is 15.8. The Kier molecular flexibility index (Phi) is 6.15. The lowest BCUT2D eigenvalue weighted by Gasteiger charge is -2.11. The fourth-order valence-electron chi connectivity index (χ4n) is 3.30. The van der Waals surface area contributed by atoms with Gasteiger partial charge >= 0.3 is 0 Å². The molecule has 0 fully saturated rings. The van der Waals surface area contributed by atoms with E-state index in [1.54, 1.807) is 13.8 Å². The summed E-state index contributed by atoms with van der Waals surface area (Å²) in [5, 5.41) is 13.1. The van der Waals surface area contributed by atoms with Crippen LogP contribution in [0.25, 0.3) is 0 Å². The van der Waals surface area contributed by atoms with Gasteiger partial charge in [-0.3, -0.25) is 10.1 Å². The average Bonchev–Trinajstić information content (AvgIpc) is 3.33. The first-order chi connectivity index (χ1) is 15.0. The van der Waals surface area contributed by atoms with Crippen molar-refractivity contribution in [2.24, 2.45) is 0 Å². The van der Waals surface area contributed by atoms with Crippen LogP contribution in [0.15, 0.2) is 47.0 Å². The van der Waals surface area contributed by atoms with Gasteiger partial charge in [0.15, 0.2) is 16.6 Å². The van der Waals surface area contributed by atoms with E-state index < -0.39 is 0 Å². The number of aromatic nitrogens is 1. The number of nitrogens with one attached hydrogen (secondary N) is 3. The van der Waals surface area contributed by atoms with Crippen LogP contribution in [0.3, 0.4) is 0 Å². The lowest BCUT2D eigenvalue weighted by atomic mass is 10.1. The SMILES string of the molecule is Cc1noc(C)c1C(=O)NC(=S)Nc1cccc(CNCc2ccc3c(c2)OCO3)c1. The Morgan fingerprint density at radius 2 is 1.84 bits per heavy atom. The number of fused-ring (bicyclic) bond motifs is 1. The van der Waals surface area contributed by atoms with Crippen LogP contribution >= 0.6 is 12.2 Å². The maximum absolute atomic E-state index is 12.4. The first kappa shape index (κ1) is 20.8. The first-order valence-corrected chi connectivity index (χ1v) is 10.1. The number of anilines is 1. The second-order valence-corrected chi connectivity index (χ2v) is 7.51. The largest absolute Gasteiger partial charge is 0.454 e. The van der Waals surface area contributed by atoms with Gasteiger partial charge in [0, 0.05) is 18.8 Å². The average molecular weight is 439 g/mol. The summed E-state index contributed by atoms with van der Waals surface area (Å²) >= 11 is 5.27. The van der Waals surface area contributed by atoms with Gasteiger partial charge in [0.2, 0.25) is 6.79 Å². The third-order valence-electron chi connectivity index (χ3n) is 4.77. The molecule has 0 aliphatic carbocycles. The van der Waals surface area contributed by atoms with Crippen LogP contribution in [0.4, 0.5) is 5.69 Å². The van der Waals surface area contributed by atoms with Crippen molar-refractivity contribution < 1.29 is 18.8 Å². The zero-order valence-electron chi connectivity index (χ0n) is 17.2. The summed E-state index contributed by atoms with van der Waals surface area (Å²) in [5.41, 5.74) is 3.89. The normalized spacial score (nSPS) is 11.9. The Balaban J connectivity index is 1.29.